The third kappa shape index (κ3) is 3.47. The molecule has 0 unspecified atom stereocenters. The van der Waals surface area contributed by atoms with Gasteiger partial charge in [-0.15, -0.1) is 0 Å². The standard InChI is InChI=1S/C15H25N3/c1-2-14-13(6-5-7-15(14)16)12-17-8-11-18-9-3-4-10-18/h5-7,17H,2-4,8-12,16H2,1H3. The highest BCUT2D eigenvalue weighted by atomic mass is 15.1. The molecule has 0 radical (unpaired) electrons. The van der Waals surface area contributed by atoms with Crippen LogP contribution in [0.15, 0.2) is 18.2 Å². The Kier molecular flexibility index (Phi) is 5.02. The number of nitrogen functional groups attached to an aromatic ring is 1. The molecular weight excluding hydrogens is 222 g/mol. The Labute approximate surface area is 110 Å². The van der Waals surface area contributed by atoms with Gasteiger partial charge < -0.3 is 16.0 Å². The van der Waals surface area contributed by atoms with Crippen LogP contribution >= 0.6 is 0 Å². The molecule has 1 fully saturated rings. The van der Waals surface area contributed by atoms with E-state index < -0.39 is 0 Å². The van der Waals surface area contributed by atoms with Gasteiger partial charge in [-0.2, -0.15) is 0 Å². The zero-order valence-electron chi connectivity index (χ0n) is 11.4. The molecule has 1 saturated heterocycles. The number of rotatable bonds is 6. The minimum absolute atomic E-state index is 0.927. The normalized spacial score (nSPS) is 16.3. The first-order valence-corrected chi connectivity index (χ1v) is 7.10. The van der Waals surface area contributed by atoms with Gasteiger partial charge in [-0.05, 0) is 49.5 Å². The van der Waals surface area contributed by atoms with Crippen molar-refractivity contribution in [3.8, 4) is 0 Å². The zero-order valence-corrected chi connectivity index (χ0v) is 11.4. The maximum absolute atomic E-state index is 6.00. The third-order valence-electron chi connectivity index (χ3n) is 3.78. The first-order chi connectivity index (χ1) is 8.81. The van der Waals surface area contributed by atoms with E-state index in [-0.39, 0.29) is 0 Å². The van der Waals surface area contributed by atoms with Crippen LogP contribution in [0, 0.1) is 0 Å². The fraction of sp³-hybridized carbons (Fsp3) is 0.600. The molecule has 1 heterocycles. The van der Waals surface area contributed by atoms with Crippen LogP contribution in [-0.4, -0.2) is 31.1 Å². The lowest BCUT2D eigenvalue weighted by molar-refractivity contribution is 0.335. The monoisotopic (exact) mass is 247 g/mol. The second-order valence-electron chi connectivity index (χ2n) is 5.06. The van der Waals surface area contributed by atoms with Gasteiger partial charge >= 0.3 is 0 Å². The topological polar surface area (TPSA) is 41.3 Å². The number of hydrogen-bond donors (Lipinski definition) is 2. The third-order valence-corrected chi connectivity index (χ3v) is 3.78. The van der Waals surface area contributed by atoms with Gasteiger partial charge in [-0.3, -0.25) is 0 Å². The lowest BCUT2D eigenvalue weighted by atomic mass is 10.0. The summed E-state index contributed by atoms with van der Waals surface area (Å²) in [6.07, 6.45) is 3.75. The summed E-state index contributed by atoms with van der Waals surface area (Å²) in [6, 6.07) is 6.22. The predicted octanol–water partition coefficient (Wildman–Crippen LogP) is 2.02. The molecule has 0 aliphatic carbocycles. The van der Waals surface area contributed by atoms with Crippen LogP contribution in [-0.2, 0) is 13.0 Å². The molecule has 18 heavy (non-hydrogen) atoms. The van der Waals surface area contributed by atoms with Crippen molar-refractivity contribution in [1.82, 2.24) is 10.2 Å². The van der Waals surface area contributed by atoms with Gasteiger partial charge in [0.15, 0.2) is 0 Å². The van der Waals surface area contributed by atoms with Crippen molar-refractivity contribution >= 4 is 5.69 Å². The average molecular weight is 247 g/mol. The van der Waals surface area contributed by atoms with E-state index in [4.69, 9.17) is 5.73 Å². The molecular formula is C15H25N3. The molecule has 1 aliphatic heterocycles. The maximum Gasteiger partial charge on any atom is 0.0349 e. The van der Waals surface area contributed by atoms with Crippen molar-refractivity contribution in [3.05, 3.63) is 29.3 Å². The molecule has 100 valence electrons. The number of hydrogen-bond acceptors (Lipinski definition) is 3. The van der Waals surface area contributed by atoms with Gasteiger partial charge in [0, 0.05) is 25.3 Å². The van der Waals surface area contributed by atoms with E-state index in [1.54, 1.807) is 0 Å². The quantitative estimate of drug-likeness (QED) is 0.597. The molecule has 1 aromatic carbocycles. The number of likely N-dealkylation sites (tertiary alicyclic amines) is 1. The summed E-state index contributed by atoms with van der Waals surface area (Å²) in [4.78, 5) is 2.53. The van der Waals surface area contributed by atoms with Crippen LogP contribution in [0.3, 0.4) is 0 Å². The minimum Gasteiger partial charge on any atom is -0.398 e. The molecule has 3 heteroatoms. The summed E-state index contributed by atoms with van der Waals surface area (Å²) < 4.78 is 0. The molecule has 0 saturated carbocycles. The molecule has 1 aliphatic rings. The molecule has 0 spiro atoms. The number of nitrogens with one attached hydrogen (secondary N) is 1. The van der Waals surface area contributed by atoms with E-state index in [0.29, 0.717) is 0 Å². The molecule has 3 N–H and O–H groups in total. The van der Waals surface area contributed by atoms with Gasteiger partial charge in [-0.1, -0.05) is 19.1 Å². The van der Waals surface area contributed by atoms with E-state index in [1.165, 1.54) is 43.6 Å². The van der Waals surface area contributed by atoms with E-state index in [1.807, 2.05) is 12.1 Å². The minimum atomic E-state index is 0.927. The highest BCUT2D eigenvalue weighted by Crippen LogP contribution is 2.17. The van der Waals surface area contributed by atoms with Crippen LogP contribution in [0.1, 0.15) is 30.9 Å². The van der Waals surface area contributed by atoms with Crippen molar-refractivity contribution in [2.45, 2.75) is 32.7 Å². The Morgan fingerprint density at radius 2 is 2.06 bits per heavy atom. The Bertz CT molecular complexity index is 370. The highest BCUT2D eigenvalue weighted by molar-refractivity contribution is 5.50. The van der Waals surface area contributed by atoms with Crippen molar-refractivity contribution in [3.63, 3.8) is 0 Å². The van der Waals surface area contributed by atoms with E-state index in [0.717, 1.165) is 25.2 Å². The number of anilines is 1. The molecule has 3 nitrogen and oxygen atoms in total. The van der Waals surface area contributed by atoms with Gasteiger partial charge in [-0.25, -0.2) is 0 Å². The molecule has 2 rings (SSSR count). The molecule has 0 aromatic heterocycles. The predicted molar refractivity (Wildman–Crippen MR) is 77.6 cm³/mol. The molecule has 0 atom stereocenters. The smallest absolute Gasteiger partial charge is 0.0349 e. The fourth-order valence-electron chi connectivity index (χ4n) is 2.72. The summed E-state index contributed by atoms with van der Waals surface area (Å²) in [5.74, 6) is 0. The van der Waals surface area contributed by atoms with Crippen LogP contribution in [0.5, 0.6) is 0 Å². The van der Waals surface area contributed by atoms with Crippen LogP contribution in [0.4, 0.5) is 5.69 Å². The number of nitrogens with zero attached hydrogens (tertiary/aromatic N) is 1. The Morgan fingerprint density at radius 3 is 2.78 bits per heavy atom. The average Bonchev–Trinajstić information content (AvgIpc) is 2.88. The summed E-state index contributed by atoms with van der Waals surface area (Å²) >= 11 is 0. The van der Waals surface area contributed by atoms with Crippen molar-refractivity contribution < 1.29 is 0 Å². The van der Waals surface area contributed by atoms with Gasteiger partial charge in [0.25, 0.3) is 0 Å². The van der Waals surface area contributed by atoms with E-state index >= 15 is 0 Å². The summed E-state index contributed by atoms with van der Waals surface area (Å²) in [5, 5.41) is 3.53. The molecule has 0 amide bonds. The lowest BCUT2D eigenvalue weighted by Crippen LogP contribution is -2.29. The van der Waals surface area contributed by atoms with Crippen molar-refractivity contribution in [2.75, 3.05) is 31.9 Å². The highest BCUT2D eigenvalue weighted by Gasteiger charge is 2.10. The SMILES string of the molecule is CCc1c(N)cccc1CNCCN1CCCC1. The second kappa shape index (κ2) is 6.76. The molecule has 1 aromatic rings. The van der Waals surface area contributed by atoms with Crippen molar-refractivity contribution in [1.29, 1.82) is 0 Å². The largest absolute Gasteiger partial charge is 0.398 e. The van der Waals surface area contributed by atoms with Crippen molar-refractivity contribution in [2.24, 2.45) is 0 Å². The van der Waals surface area contributed by atoms with E-state index in [9.17, 15) is 0 Å². The Morgan fingerprint density at radius 1 is 1.28 bits per heavy atom. The van der Waals surface area contributed by atoms with Crippen LogP contribution in [0.25, 0.3) is 0 Å². The second-order valence-corrected chi connectivity index (χ2v) is 5.06. The zero-order chi connectivity index (χ0) is 12.8. The summed E-state index contributed by atoms with van der Waals surface area (Å²) in [6.45, 7) is 7.89. The lowest BCUT2D eigenvalue weighted by Gasteiger charge is -2.16. The molecule has 0 bridgehead atoms. The van der Waals surface area contributed by atoms with Crippen LogP contribution in [0.2, 0.25) is 0 Å². The first kappa shape index (κ1) is 13.4. The first-order valence-electron chi connectivity index (χ1n) is 7.10. The van der Waals surface area contributed by atoms with Gasteiger partial charge in [0.2, 0.25) is 0 Å². The Hall–Kier alpha value is -1.06. The summed E-state index contributed by atoms with van der Waals surface area (Å²) in [5.41, 5.74) is 9.57. The maximum atomic E-state index is 6.00. The van der Waals surface area contributed by atoms with Gasteiger partial charge in [0.1, 0.15) is 0 Å². The number of nitrogens with two attached hydrogens (primary N) is 1. The fourth-order valence-corrected chi connectivity index (χ4v) is 2.72. The summed E-state index contributed by atoms with van der Waals surface area (Å²) in [7, 11) is 0. The Balaban J connectivity index is 1.77. The van der Waals surface area contributed by atoms with E-state index in [2.05, 4.69) is 23.2 Å². The van der Waals surface area contributed by atoms with Crippen LogP contribution < -0.4 is 11.1 Å². The van der Waals surface area contributed by atoms with Gasteiger partial charge in [0.05, 0.1) is 0 Å². The number of benzene rings is 1.